The molecule has 0 spiro atoms. The van der Waals surface area contributed by atoms with Crippen molar-refractivity contribution in [1.82, 2.24) is 9.96 Å². The second-order valence-corrected chi connectivity index (χ2v) is 4.60. The van der Waals surface area contributed by atoms with Crippen molar-refractivity contribution in [3.63, 3.8) is 0 Å². The molecule has 0 aliphatic carbocycles. The first-order chi connectivity index (χ1) is 7.26. The summed E-state index contributed by atoms with van der Waals surface area (Å²) in [6.07, 6.45) is -1.71. The molecule has 3 amide bonds. The molecule has 5 nitrogen and oxygen atoms in total. The highest BCUT2D eigenvalue weighted by Gasteiger charge is 2.40. The molecular formula is C10H17FN2O3. The van der Waals surface area contributed by atoms with Gasteiger partial charge in [-0.05, 0) is 27.7 Å². The predicted octanol–water partition coefficient (Wildman–Crippen LogP) is 1.34. The van der Waals surface area contributed by atoms with E-state index in [1.807, 2.05) is 0 Å². The summed E-state index contributed by atoms with van der Waals surface area (Å²) in [4.78, 5) is 29.2. The Bertz CT molecular complexity index is 301. The van der Waals surface area contributed by atoms with Gasteiger partial charge in [-0.25, -0.2) is 9.18 Å². The fourth-order valence-corrected chi connectivity index (χ4v) is 1.40. The van der Waals surface area contributed by atoms with Crippen LogP contribution in [0.15, 0.2) is 0 Å². The second-order valence-electron chi connectivity index (χ2n) is 4.60. The Kier molecular flexibility index (Phi) is 3.52. The molecule has 1 aliphatic rings. The van der Waals surface area contributed by atoms with E-state index in [9.17, 15) is 14.0 Å². The van der Waals surface area contributed by atoms with Crippen molar-refractivity contribution in [2.24, 2.45) is 0 Å². The molecule has 0 aromatic carbocycles. The molecule has 0 aromatic heterocycles. The number of hydroxylamine groups is 2. The number of halogens is 1. The molecule has 0 N–H and O–H groups in total. The second kappa shape index (κ2) is 4.37. The van der Waals surface area contributed by atoms with E-state index in [1.54, 1.807) is 27.7 Å². The standard InChI is InChI=1S/C10H17FN2O3/c1-5-12-8(14)7(11)6-13(9(12)15)16-10(2,3)4/h7H,5-6H2,1-4H3. The molecule has 0 bridgehead atoms. The summed E-state index contributed by atoms with van der Waals surface area (Å²) < 4.78 is 13.3. The maximum absolute atomic E-state index is 13.3. The number of carbonyl (C=O) groups is 2. The minimum absolute atomic E-state index is 0.141. The molecule has 1 atom stereocenters. The van der Waals surface area contributed by atoms with Crippen LogP contribution in [0, 0.1) is 0 Å². The van der Waals surface area contributed by atoms with Gasteiger partial charge in [-0.1, -0.05) is 0 Å². The van der Waals surface area contributed by atoms with Crippen molar-refractivity contribution in [2.75, 3.05) is 13.1 Å². The van der Waals surface area contributed by atoms with Gasteiger partial charge in [0.1, 0.15) is 0 Å². The lowest BCUT2D eigenvalue weighted by Crippen LogP contribution is -2.58. The number of rotatable bonds is 2. The summed E-state index contributed by atoms with van der Waals surface area (Å²) in [7, 11) is 0. The third-order valence-corrected chi connectivity index (χ3v) is 2.00. The van der Waals surface area contributed by atoms with E-state index >= 15 is 0 Å². The fraction of sp³-hybridized carbons (Fsp3) is 0.800. The molecule has 1 aliphatic heterocycles. The maximum atomic E-state index is 13.3. The third-order valence-electron chi connectivity index (χ3n) is 2.00. The monoisotopic (exact) mass is 232 g/mol. The van der Waals surface area contributed by atoms with Gasteiger partial charge in [-0.2, -0.15) is 5.06 Å². The van der Waals surface area contributed by atoms with Crippen LogP contribution >= 0.6 is 0 Å². The highest BCUT2D eigenvalue weighted by Crippen LogP contribution is 2.18. The topological polar surface area (TPSA) is 49.9 Å². The molecule has 0 saturated carbocycles. The number of nitrogens with zero attached hydrogens (tertiary/aromatic N) is 2. The number of hydrogen-bond acceptors (Lipinski definition) is 3. The Balaban J connectivity index is 2.81. The lowest BCUT2D eigenvalue weighted by Gasteiger charge is -2.37. The Morgan fingerprint density at radius 1 is 1.44 bits per heavy atom. The number of alkyl halides is 1. The molecule has 0 aromatic rings. The average Bonchev–Trinajstić information content (AvgIpc) is 2.13. The molecule has 92 valence electrons. The first-order valence-electron chi connectivity index (χ1n) is 5.22. The first-order valence-corrected chi connectivity index (χ1v) is 5.22. The lowest BCUT2D eigenvalue weighted by molar-refractivity contribution is -0.214. The van der Waals surface area contributed by atoms with Gasteiger partial charge < -0.3 is 0 Å². The SMILES string of the molecule is CCN1C(=O)C(F)CN(OC(C)(C)C)C1=O. The van der Waals surface area contributed by atoms with Crippen LogP contribution in [0.5, 0.6) is 0 Å². The Labute approximate surface area is 94.1 Å². The van der Waals surface area contributed by atoms with E-state index in [2.05, 4.69) is 0 Å². The van der Waals surface area contributed by atoms with Gasteiger partial charge in [0.15, 0.2) is 6.17 Å². The van der Waals surface area contributed by atoms with Crippen LogP contribution in [0.2, 0.25) is 0 Å². The Hall–Kier alpha value is -1.17. The minimum atomic E-state index is -1.71. The summed E-state index contributed by atoms with van der Waals surface area (Å²) in [5.74, 6) is -0.791. The molecule has 1 rings (SSSR count). The van der Waals surface area contributed by atoms with Crippen LogP contribution in [-0.4, -0.2) is 46.8 Å². The van der Waals surface area contributed by atoms with Crippen molar-refractivity contribution >= 4 is 11.9 Å². The van der Waals surface area contributed by atoms with E-state index < -0.39 is 23.7 Å². The van der Waals surface area contributed by atoms with E-state index in [4.69, 9.17) is 4.84 Å². The molecular weight excluding hydrogens is 215 g/mol. The number of imide groups is 1. The molecule has 1 unspecified atom stereocenters. The lowest BCUT2D eigenvalue weighted by atomic mass is 10.2. The van der Waals surface area contributed by atoms with E-state index in [0.29, 0.717) is 0 Å². The maximum Gasteiger partial charge on any atom is 0.350 e. The van der Waals surface area contributed by atoms with Crippen molar-refractivity contribution < 1.29 is 18.8 Å². The molecule has 0 radical (unpaired) electrons. The number of hydrogen-bond donors (Lipinski definition) is 0. The van der Waals surface area contributed by atoms with E-state index in [0.717, 1.165) is 9.96 Å². The fourth-order valence-electron chi connectivity index (χ4n) is 1.40. The van der Waals surface area contributed by atoms with Gasteiger partial charge in [0.05, 0.1) is 12.1 Å². The predicted molar refractivity (Wildman–Crippen MR) is 55.2 cm³/mol. The summed E-state index contributed by atoms with van der Waals surface area (Å²) in [5, 5.41) is 0.912. The zero-order valence-corrected chi connectivity index (χ0v) is 9.99. The minimum Gasteiger partial charge on any atom is -0.271 e. The number of carbonyl (C=O) groups excluding carboxylic acids is 2. The summed E-state index contributed by atoms with van der Waals surface area (Å²) in [6.45, 7) is 6.66. The summed E-state index contributed by atoms with van der Waals surface area (Å²) in [6, 6.07) is -0.601. The van der Waals surface area contributed by atoms with Crippen molar-refractivity contribution in [3.05, 3.63) is 0 Å². The normalized spacial score (nSPS) is 22.9. The van der Waals surface area contributed by atoms with Crippen LogP contribution in [-0.2, 0) is 9.63 Å². The smallest absolute Gasteiger partial charge is 0.271 e. The van der Waals surface area contributed by atoms with Gasteiger partial charge in [0.25, 0.3) is 5.91 Å². The van der Waals surface area contributed by atoms with Gasteiger partial charge in [-0.15, -0.1) is 0 Å². The van der Waals surface area contributed by atoms with Crippen molar-refractivity contribution in [2.45, 2.75) is 39.5 Å². The number of urea groups is 1. The van der Waals surface area contributed by atoms with Gasteiger partial charge in [-0.3, -0.25) is 14.5 Å². The summed E-state index contributed by atoms with van der Waals surface area (Å²) in [5.41, 5.74) is -0.602. The van der Waals surface area contributed by atoms with Crippen molar-refractivity contribution in [3.8, 4) is 0 Å². The molecule has 1 heterocycles. The number of amides is 3. The molecule has 1 fully saturated rings. The van der Waals surface area contributed by atoms with Gasteiger partial charge in [0.2, 0.25) is 0 Å². The average molecular weight is 232 g/mol. The quantitative estimate of drug-likeness (QED) is 0.721. The van der Waals surface area contributed by atoms with Crippen LogP contribution < -0.4 is 0 Å². The van der Waals surface area contributed by atoms with Crippen LogP contribution in [0.3, 0.4) is 0 Å². The van der Waals surface area contributed by atoms with Crippen LogP contribution in [0.1, 0.15) is 27.7 Å². The highest BCUT2D eigenvalue weighted by molar-refractivity contribution is 5.98. The van der Waals surface area contributed by atoms with Gasteiger partial charge in [0, 0.05) is 6.54 Å². The third kappa shape index (κ3) is 2.69. The Morgan fingerprint density at radius 2 is 2.00 bits per heavy atom. The zero-order valence-electron chi connectivity index (χ0n) is 9.99. The van der Waals surface area contributed by atoms with Gasteiger partial charge >= 0.3 is 6.03 Å². The first kappa shape index (κ1) is 12.9. The highest BCUT2D eigenvalue weighted by atomic mass is 19.1. The molecule has 16 heavy (non-hydrogen) atoms. The van der Waals surface area contributed by atoms with Crippen LogP contribution in [0.25, 0.3) is 0 Å². The Morgan fingerprint density at radius 3 is 2.44 bits per heavy atom. The van der Waals surface area contributed by atoms with Crippen LogP contribution in [0.4, 0.5) is 9.18 Å². The largest absolute Gasteiger partial charge is 0.350 e. The molecule has 6 heteroatoms. The summed E-state index contributed by atoms with van der Waals surface area (Å²) >= 11 is 0. The van der Waals surface area contributed by atoms with E-state index in [-0.39, 0.29) is 13.1 Å². The van der Waals surface area contributed by atoms with E-state index in [1.165, 1.54) is 0 Å². The van der Waals surface area contributed by atoms with Crippen molar-refractivity contribution in [1.29, 1.82) is 0 Å². The molecule has 1 saturated heterocycles. The zero-order chi connectivity index (χ0) is 12.5.